The Morgan fingerprint density at radius 2 is 0.474 bits per heavy atom. The summed E-state index contributed by atoms with van der Waals surface area (Å²) in [6.07, 6.45) is -54.0. The van der Waals surface area contributed by atoms with E-state index in [-0.39, 0.29) is 27.0 Å². The lowest BCUT2D eigenvalue weighted by Gasteiger charge is -2.45. The summed E-state index contributed by atoms with van der Waals surface area (Å²) in [7, 11) is 1.19. The molecule has 21 unspecified atom stereocenters. The van der Waals surface area contributed by atoms with E-state index in [1.165, 1.54) is 7.11 Å². The van der Waals surface area contributed by atoms with Crippen LogP contribution in [0.4, 0.5) is 0 Å². The number of hydrogen-bond donors (Lipinski definition) is 34. The summed E-state index contributed by atoms with van der Waals surface area (Å²) in [4.78, 5) is 0. The Morgan fingerprint density at radius 1 is 0.258 bits per heavy atom. The fraction of sp³-hybridized carbons (Fsp3) is 0.878. The van der Waals surface area contributed by atoms with Gasteiger partial charge in [-0.2, -0.15) is 0 Å². The second-order valence-electron chi connectivity index (χ2n) is 23.4. The summed E-state index contributed by atoms with van der Waals surface area (Å²) in [5, 5.41) is 264. The number of aliphatic hydroxyl groups excluding tert-OH is 22. The molecule has 0 spiro atoms. The number of methoxy groups -OCH3 is 1. The molecule has 0 aromatic carbocycles. The van der Waals surface area contributed by atoms with Crippen LogP contribution in [-0.2, 0) is 37.9 Å². The van der Waals surface area contributed by atoms with Crippen LogP contribution in [0.15, 0.2) is 0 Å². The molecule has 7 aliphatic heterocycles. The van der Waals surface area contributed by atoms with Crippen molar-refractivity contribution in [2.24, 2.45) is 0 Å². The third kappa shape index (κ3) is 19.8. The zero-order valence-electron chi connectivity index (χ0n) is 50.7. The molecule has 558 valence electrons. The highest BCUT2D eigenvalue weighted by Gasteiger charge is 2.52. The van der Waals surface area contributed by atoms with Gasteiger partial charge in [-0.25, -0.2) is 0 Å². The average molecular weight is 1520 g/mol. The number of aliphatic hydroxyl groups is 22. The van der Waals surface area contributed by atoms with E-state index in [0.717, 1.165) is 0 Å². The Hall–Kier alpha value is -3.06. The van der Waals surface area contributed by atoms with E-state index >= 15 is 0 Å². The molecule has 0 aromatic rings. The number of hydrogen-bond acceptors (Lipinski definition) is 36. The Balaban J connectivity index is 0.985. The molecule has 0 aromatic heterocycles. The molecule has 0 aliphatic carbocycles. The summed E-state index contributed by atoms with van der Waals surface area (Å²) >= 11 is 32.6. The van der Waals surface area contributed by atoms with Gasteiger partial charge in [-0.05, 0) is 73.3 Å². The van der Waals surface area contributed by atoms with Gasteiger partial charge in [0.25, 0.3) is 0 Å². The molecule has 97 heavy (non-hydrogen) atoms. The zero-order chi connectivity index (χ0) is 71.8. The van der Waals surface area contributed by atoms with Crippen molar-refractivity contribution < 1.29 is 150 Å². The lowest BCUT2D eigenvalue weighted by Crippen LogP contribution is -2.71. The highest BCUT2D eigenvalue weighted by Crippen LogP contribution is 2.28. The molecular weight excluding hydrogens is 1430 g/mol. The van der Waals surface area contributed by atoms with Gasteiger partial charge < -0.3 is 214 Å². The monoisotopic (exact) mass is 1510 g/mol. The van der Waals surface area contributed by atoms with Crippen molar-refractivity contribution in [3.8, 4) is 0 Å². The summed E-state index contributed by atoms with van der Waals surface area (Å²) in [5.74, 6) is 0. The smallest absolute Gasteiger partial charge is 0.186 e. The molecule has 7 saturated heterocycles. The third-order valence-corrected chi connectivity index (χ3v) is 18.4. The van der Waals surface area contributed by atoms with E-state index in [4.69, 9.17) is 111 Å². The lowest BCUT2D eigenvalue weighted by atomic mass is 9.95. The second kappa shape index (κ2) is 36.4. The van der Waals surface area contributed by atoms with E-state index in [1.807, 2.05) is 0 Å². The van der Waals surface area contributed by atoms with Gasteiger partial charge in [0.05, 0.1) is 31.9 Å². The molecule has 0 saturated carbocycles. The fourth-order valence-electron chi connectivity index (χ4n) is 11.2. The van der Waals surface area contributed by atoms with E-state index in [0.29, 0.717) is 0 Å². The van der Waals surface area contributed by atoms with Crippen molar-refractivity contribution in [1.29, 1.82) is 0 Å². The third-order valence-electron chi connectivity index (χ3n) is 16.9. The first-order valence-corrected chi connectivity index (χ1v) is 32.4. The number of thiocarbonyl (C=S) groups is 6. The van der Waals surface area contributed by atoms with Crippen molar-refractivity contribution in [3.63, 3.8) is 0 Å². The molecular formula is C49H86N12O30S6. The van der Waals surface area contributed by atoms with Crippen LogP contribution in [0, 0.1) is 0 Å². The summed E-state index contributed by atoms with van der Waals surface area (Å²) < 4.78 is 44.9. The largest absolute Gasteiger partial charge is 0.394 e. The van der Waals surface area contributed by atoms with Crippen LogP contribution < -0.4 is 63.8 Å². The van der Waals surface area contributed by atoms with E-state index < -0.39 is 264 Å². The average Bonchev–Trinajstić information content (AvgIpc) is 0.828. The van der Waals surface area contributed by atoms with Crippen molar-refractivity contribution in [3.05, 3.63) is 0 Å². The first-order chi connectivity index (χ1) is 45.7. The Morgan fingerprint density at radius 3 is 0.742 bits per heavy atom. The maximum atomic E-state index is 11.7. The highest BCUT2D eigenvalue weighted by atomic mass is 32.1. The molecule has 35 atom stereocenters. The Labute approximate surface area is 582 Å². The van der Waals surface area contributed by atoms with Gasteiger partial charge >= 0.3 is 0 Å². The van der Waals surface area contributed by atoms with Gasteiger partial charge in [-0.1, -0.05) is 0 Å². The van der Waals surface area contributed by atoms with Crippen LogP contribution >= 0.6 is 73.3 Å². The normalized spacial score (nSPS) is 44.6. The number of rotatable bonds is 20. The molecule has 0 amide bonds. The minimum atomic E-state index is -1.94. The molecule has 0 bridgehead atoms. The van der Waals surface area contributed by atoms with Gasteiger partial charge in [-0.3, -0.25) is 0 Å². The molecule has 7 heterocycles. The number of nitrogens with one attached hydrogen (secondary N) is 12. The lowest BCUT2D eigenvalue weighted by molar-refractivity contribution is -0.288. The molecule has 48 heteroatoms. The predicted molar refractivity (Wildman–Crippen MR) is 343 cm³/mol. The van der Waals surface area contributed by atoms with Crippen molar-refractivity contribution in [2.75, 3.05) is 53.1 Å². The first kappa shape index (κ1) is 81.2. The second-order valence-corrected chi connectivity index (χ2v) is 25.9. The van der Waals surface area contributed by atoms with Crippen LogP contribution in [0.2, 0.25) is 0 Å². The van der Waals surface area contributed by atoms with Gasteiger partial charge in [0.15, 0.2) is 74.3 Å². The maximum absolute atomic E-state index is 11.7. The topological polar surface area (TPSA) is 663 Å². The molecule has 7 fully saturated rings. The molecule has 7 aliphatic rings. The minimum absolute atomic E-state index is 0.262. The van der Waals surface area contributed by atoms with Crippen LogP contribution in [0.25, 0.3) is 0 Å². The van der Waals surface area contributed by atoms with Crippen molar-refractivity contribution in [1.82, 2.24) is 63.8 Å². The standard InChI is InChI=1S/C49H86N12O30S6/c1-84-43-36(83)31(78)21(68)12(91-43)5-53-45(93)57-38-26(73)17(55-49(97)61-42-35(82)30(77)24(71)15(8-64)90-42)18(65)9(86-38)2-50-46(94)58-39-32(79)27(74)20(67)11(87-39)4-52-44(92)56-37-25(72)16(54-48(96)60-41-34(81)29(76)23(70)14(7-63)89-41)19(66)10(85-37)3-51-47(95)59-40-33(80)28(75)22(69)13(6-62)88-40/h9-43,62-83H,2-8H2,1H3,(H2,50,58,94)(H2,51,59,95)(H2,52,56,92)(H2,53,57,93)(H2,54,60,96)(H2,55,61,97)/t9?,10?,11?,12?,13?,14?,15?,16?,17?,18-,19+,20-,21-,22-,23-,24-,25?,26?,27?,28?,29?,30?,31?,32?,33?,34?,35?,36?,37-,38-,39-,40-,41-,42-,43+/m1/s1. The summed E-state index contributed by atoms with van der Waals surface area (Å²) in [5.41, 5.74) is 0. The molecule has 42 nitrogen and oxygen atoms in total. The van der Waals surface area contributed by atoms with Crippen LogP contribution in [0.1, 0.15) is 0 Å². The van der Waals surface area contributed by atoms with Gasteiger partial charge in [-0.15, -0.1) is 0 Å². The minimum Gasteiger partial charge on any atom is -0.394 e. The predicted octanol–water partition coefficient (Wildman–Crippen LogP) is -18.9. The van der Waals surface area contributed by atoms with Crippen LogP contribution in [0.5, 0.6) is 0 Å². The summed E-state index contributed by atoms with van der Waals surface area (Å²) in [6.45, 7) is -4.02. The first-order valence-electron chi connectivity index (χ1n) is 29.9. The Kier molecular flexibility index (Phi) is 30.5. The van der Waals surface area contributed by atoms with Crippen LogP contribution in [-0.4, -0.2) is 411 Å². The van der Waals surface area contributed by atoms with E-state index in [1.54, 1.807) is 0 Å². The fourth-order valence-corrected chi connectivity index (χ4v) is 12.5. The van der Waals surface area contributed by atoms with Gasteiger partial charge in [0.2, 0.25) is 0 Å². The van der Waals surface area contributed by atoms with Crippen molar-refractivity contribution >= 4 is 104 Å². The zero-order valence-corrected chi connectivity index (χ0v) is 55.6. The van der Waals surface area contributed by atoms with Gasteiger partial charge in [0.1, 0.15) is 159 Å². The maximum Gasteiger partial charge on any atom is 0.186 e. The SMILES string of the molecule is CO[C@H]1OC(CNC(=S)N[C@@H]2OC(CNC(=S)N[C@@H]3OC(CNC(=S)N[C@@H]4OC(CNC(=S)N[C@@H]5OC(CO)[C@@H](O)C(O)C5O)[C@H](O)C(NC(=S)N[C@@H]5OC(CO)[C@@H](O)C(O)C5O)C4O)[C@@H](O)C(O)C3O)[C@@H](O)C(NC(=S)N[C@@H]3OC(CO)[C@@H](O)C(O)C3O)C2O)[C@@H](O)C(O)C1O. The molecule has 34 N–H and O–H groups in total. The van der Waals surface area contributed by atoms with Crippen LogP contribution in [0.3, 0.4) is 0 Å². The van der Waals surface area contributed by atoms with E-state index in [2.05, 4.69) is 63.8 Å². The summed E-state index contributed by atoms with van der Waals surface area (Å²) in [6, 6.07) is -3.08. The Bertz CT molecular complexity index is 2610. The highest BCUT2D eigenvalue weighted by molar-refractivity contribution is 7.81. The molecule has 7 rings (SSSR count). The number of ether oxygens (including phenoxy) is 8. The molecule has 0 radical (unpaired) electrons. The van der Waals surface area contributed by atoms with E-state index in [9.17, 15) is 112 Å². The van der Waals surface area contributed by atoms with Crippen molar-refractivity contribution in [2.45, 2.75) is 214 Å². The van der Waals surface area contributed by atoms with Gasteiger partial charge in [0, 0.05) is 33.3 Å². The quantitative estimate of drug-likeness (QED) is 0.0503.